The van der Waals surface area contributed by atoms with Crippen molar-refractivity contribution in [1.29, 1.82) is 0 Å². The summed E-state index contributed by atoms with van der Waals surface area (Å²) in [5.41, 5.74) is 0. The van der Waals surface area contributed by atoms with Gasteiger partial charge in [0.15, 0.2) is 5.88 Å². The molecule has 120 valence electrons. The Morgan fingerprint density at radius 3 is 2.48 bits per heavy atom. The first-order valence-electron chi connectivity index (χ1n) is 7.49. The summed E-state index contributed by atoms with van der Waals surface area (Å²) in [7, 11) is -2.03. The Bertz CT molecular complexity index is 435. The fourth-order valence-corrected chi connectivity index (χ4v) is 2.85. The Labute approximate surface area is 129 Å². The molecule has 0 aromatic heterocycles. The molecule has 0 saturated carbocycles. The van der Waals surface area contributed by atoms with Gasteiger partial charge in [0.1, 0.15) is 6.61 Å². The summed E-state index contributed by atoms with van der Waals surface area (Å²) < 4.78 is 11.5. The first-order valence-corrected chi connectivity index (χ1v) is 10.4. The van der Waals surface area contributed by atoms with Gasteiger partial charge in [0, 0.05) is 0 Å². The zero-order valence-corrected chi connectivity index (χ0v) is 15.4. The normalized spacial score (nSPS) is 20.8. The number of rotatable bonds is 5. The maximum absolute atomic E-state index is 12.1. The van der Waals surface area contributed by atoms with Gasteiger partial charge in [-0.3, -0.25) is 0 Å². The SMILES string of the molecule is C=C/C=C(\O[Si](C)(C)C(C)(C)C)N1C(=O)OC[C@@H]1C(C)C. The lowest BCUT2D eigenvalue weighted by Gasteiger charge is -2.39. The molecule has 1 heterocycles. The molecule has 0 N–H and O–H groups in total. The molecular weight excluding hydrogens is 282 g/mol. The predicted octanol–water partition coefficient (Wildman–Crippen LogP) is 4.51. The topological polar surface area (TPSA) is 38.8 Å². The van der Waals surface area contributed by atoms with Crippen LogP contribution in [0.3, 0.4) is 0 Å². The highest BCUT2D eigenvalue weighted by atomic mass is 28.4. The number of hydrogen-bond donors (Lipinski definition) is 0. The highest BCUT2D eigenvalue weighted by Crippen LogP contribution is 2.39. The average molecular weight is 311 g/mol. The number of amides is 1. The zero-order valence-electron chi connectivity index (χ0n) is 14.4. The van der Waals surface area contributed by atoms with Crippen molar-refractivity contribution < 1.29 is 14.0 Å². The Morgan fingerprint density at radius 1 is 1.48 bits per heavy atom. The van der Waals surface area contributed by atoms with Crippen LogP contribution in [0.4, 0.5) is 4.79 Å². The largest absolute Gasteiger partial charge is 0.532 e. The Balaban J connectivity index is 3.10. The minimum atomic E-state index is -2.03. The number of cyclic esters (lactones) is 1. The van der Waals surface area contributed by atoms with Gasteiger partial charge in [0.2, 0.25) is 0 Å². The summed E-state index contributed by atoms with van der Waals surface area (Å²) in [6.45, 7) is 19.2. The van der Waals surface area contributed by atoms with E-state index in [1.807, 2.05) is 0 Å². The third kappa shape index (κ3) is 3.90. The van der Waals surface area contributed by atoms with Crippen LogP contribution in [0, 0.1) is 5.92 Å². The second-order valence-corrected chi connectivity index (χ2v) is 12.1. The predicted molar refractivity (Wildman–Crippen MR) is 88.4 cm³/mol. The van der Waals surface area contributed by atoms with Crippen LogP contribution in [0.5, 0.6) is 0 Å². The highest BCUT2D eigenvalue weighted by Gasteiger charge is 2.44. The molecule has 1 aliphatic heterocycles. The average Bonchev–Trinajstić information content (AvgIpc) is 2.69. The standard InChI is InChI=1S/C16H29NO3Si/c1-9-10-14(20-21(7,8)16(4,5)6)17-13(12(2)3)11-19-15(17)18/h9-10,12-13H,1,11H2,2-8H3/b14-10-/t13-/m1/s1. The van der Waals surface area contributed by atoms with Crippen molar-refractivity contribution in [1.82, 2.24) is 4.90 Å². The van der Waals surface area contributed by atoms with Crippen LogP contribution in [0.2, 0.25) is 18.1 Å². The molecule has 5 heteroatoms. The smallest absolute Gasteiger partial charge is 0.417 e. The number of nitrogens with zero attached hydrogens (tertiary/aromatic N) is 1. The van der Waals surface area contributed by atoms with Gasteiger partial charge in [-0.1, -0.05) is 47.3 Å². The molecule has 0 aromatic rings. The van der Waals surface area contributed by atoms with Gasteiger partial charge in [0.05, 0.1) is 6.04 Å². The van der Waals surface area contributed by atoms with Crippen LogP contribution in [0.15, 0.2) is 24.6 Å². The van der Waals surface area contributed by atoms with Crippen LogP contribution in [-0.2, 0) is 9.16 Å². The zero-order chi connectivity index (χ0) is 16.4. The Kier molecular flexibility index (Phi) is 5.31. The first-order chi connectivity index (χ1) is 9.51. The molecule has 1 atom stereocenters. The second-order valence-electron chi connectivity index (χ2n) is 7.36. The molecule has 1 amide bonds. The van der Waals surface area contributed by atoms with Gasteiger partial charge in [-0.25, -0.2) is 9.69 Å². The van der Waals surface area contributed by atoms with E-state index in [-0.39, 0.29) is 17.2 Å². The van der Waals surface area contributed by atoms with Gasteiger partial charge in [-0.2, -0.15) is 0 Å². The van der Waals surface area contributed by atoms with Crippen molar-refractivity contribution in [2.45, 2.75) is 58.8 Å². The lowest BCUT2D eigenvalue weighted by atomic mass is 10.1. The first kappa shape index (κ1) is 17.8. The third-order valence-electron chi connectivity index (χ3n) is 4.34. The van der Waals surface area contributed by atoms with Crippen LogP contribution in [0.1, 0.15) is 34.6 Å². The van der Waals surface area contributed by atoms with E-state index in [2.05, 4.69) is 54.3 Å². The Morgan fingerprint density at radius 2 is 2.05 bits per heavy atom. The fourth-order valence-electron chi connectivity index (χ4n) is 1.86. The van der Waals surface area contributed by atoms with Crippen LogP contribution in [-0.4, -0.2) is 32.0 Å². The number of hydrogen-bond acceptors (Lipinski definition) is 3. The summed E-state index contributed by atoms with van der Waals surface area (Å²) in [5.74, 6) is 0.866. The summed E-state index contributed by atoms with van der Waals surface area (Å²) in [6, 6.07) is 0.00784. The van der Waals surface area contributed by atoms with E-state index < -0.39 is 8.32 Å². The Hall–Kier alpha value is -1.23. The highest BCUT2D eigenvalue weighted by molar-refractivity contribution is 6.74. The van der Waals surface area contributed by atoms with E-state index in [0.29, 0.717) is 18.4 Å². The molecule has 0 aromatic carbocycles. The minimum Gasteiger partial charge on any atom is -0.532 e. The van der Waals surface area contributed by atoms with Crippen molar-refractivity contribution in [3.05, 3.63) is 24.6 Å². The van der Waals surface area contributed by atoms with Gasteiger partial charge >= 0.3 is 6.09 Å². The minimum absolute atomic E-state index is 0.00784. The fraction of sp³-hybridized carbons (Fsp3) is 0.688. The van der Waals surface area contributed by atoms with E-state index in [1.165, 1.54) is 0 Å². The molecule has 0 radical (unpaired) electrons. The van der Waals surface area contributed by atoms with E-state index in [1.54, 1.807) is 17.1 Å². The molecule has 1 fully saturated rings. The number of allylic oxidation sites excluding steroid dienone is 2. The molecule has 1 rings (SSSR count). The van der Waals surface area contributed by atoms with Crippen molar-refractivity contribution in [2.24, 2.45) is 5.92 Å². The summed E-state index contributed by atoms with van der Waals surface area (Å²) in [4.78, 5) is 13.8. The van der Waals surface area contributed by atoms with Crippen molar-refractivity contribution in [3.63, 3.8) is 0 Å². The summed E-state index contributed by atoms with van der Waals surface area (Å²) >= 11 is 0. The van der Waals surface area contributed by atoms with E-state index >= 15 is 0 Å². The number of carbonyl (C=O) groups is 1. The molecule has 0 unspecified atom stereocenters. The number of carbonyl (C=O) groups excluding carboxylic acids is 1. The maximum Gasteiger partial charge on any atom is 0.417 e. The third-order valence-corrected chi connectivity index (χ3v) is 8.67. The van der Waals surface area contributed by atoms with Gasteiger partial charge in [-0.05, 0) is 30.1 Å². The lowest BCUT2D eigenvalue weighted by Crippen LogP contribution is -2.45. The number of ether oxygens (including phenoxy) is 1. The second kappa shape index (κ2) is 6.26. The maximum atomic E-state index is 12.1. The van der Waals surface area contributed by atoms with E-state index in [0.717, 1.165) is 0 Å². The molecule has 0 bridgehead atoms. The van der Waals surface area contributed by atoms with Crippen molar-refractivity contribution >= 4 is 14.4 Å². The molecule has 0 spiro atoms. The van der Waals surface area contributed by atoms with E-state index in [4.69, 9.17) is 9.16 Å². The van der Waals surface area contributed by atoms with Crippen molar-refractivity contribution in [3.8, 4) is 0 Å². The monoisotopic (exact) mass is 311 g/mol. The van der Waals surface area contributed by atoms with Gasteiger partial charge in [-0.15, -0.1) is 0 Å². The molecule has 1 saturated heterocycles. The molecule has 1 aliphatic rings. The van der Waals surface area contributed by atoms with E-state index in [9.17, 15) is 4.79 Å². The van der Waals surface area contributed by atoms with Gasteiger partial charge in [0.25, 0.3) is 8.32 Å². The van der Waals surface area contributed by atoms with Gasteiger partial charge < -0.3 is 9.16 Å². The molecule has 4 nitrogen and oxygen atoms in total. The van der Waals surface area contributed by atoms with Crippen molar-refractivity contribution in [2.75, 3.05) is 6.61 Å². The molecule has 0 aliphatic carbocycles. The summed E-state index contributed by atoms with van der Waals surface area (Å²) in [6.07, 6.45) is 3.09. The van der Waals surface area contributed by atoms with Crippen LogP contribution < -0.4 is 0 Å². The van der Waals surface area contributed by atoms with Crippen LogP contribution >= 0.6 is 0 Å². The lowest BCUT2D eigenvalue weighted by molar-refractivity contribution is 0.147. The summed E-state index contributed by atoms with van der Waals surface area (Å²) in [5, 5.41) is 0.0597. The van der Waals surface area contributed by atoms with Crippen LogP contribution in [0.25, 0.3) is 0 Å². The molecular formula is C16H29NO3Si. The quantitative estimate of drug-likeness (QED) is 0.426. The molecule has 21 heavy (non-hydrogen) atoms.